The number of benzene rings is 2. The fourth-order valence-corrected chi connectivity index (χ4v) is 2.88. The predicted octanol–water partition coefficient (Wildman–Crippen LogP) is 2.89. The lowest BCUT2D eigenvalue weighted by atomic mass is 10.1. The van der Waals surface area contributed by atoms with E-state index in [1.165, 1.54) is 5.01 Å². The molecule has 0 unspecified atom stereocenters. The van der Waals surface area contributed by atoms with Crippen LogP contribution in [0, 0.1) is 0 Å². The van der Waals surface area contributed by atoms with Gasteiger partial charge >= 0.3 is 0 Å². The van der Waals surface area contributed by atoms with E-state index in [2.05, 4.69) is 5.10 Å². The standard InChI is InChI=1S/C20H22N2O4/c1-24-15-6-4-14(5-7-15)12-20(23)22-11-10-18(21-22)17-13-16(25-2)8-9-19(17)26-3/h4-9,13H,10-12H2,1-3H3. The van der Waals surface area contributed by atoms with Crippen molar-refractivity contribution in [3.8, 4) is 17.2 Å². The first-order chi connectivity index (χ1) is 12.6. The van der Waals surface area contributed by atoms with E-state index in [1.54, 1.807) is 21.3 Å². The van der Waals surface area contributed by atoms with Gasteiger partial charge in [-0.15, -0.1) is 0 Å². The number of carbonyl (C=O) groups is 1. The number of carbonyl (C=O) groups excluding carboxylic acids is 1. The molecule has 1 aliphatic rings. The maximum Gasteiger partial charge on any atom is 0.247 e. The van der Waals surface area contributed by atoms with Crippen LogP contribution in [0.3, 0.4) is 0 Å². The Balaban J connectivity index is 1.75. The van der Waals surface area contributed by atoms with Crippen molar-refractivity contribution in [1.82, 2.24) is 5.01 Å². The van der Waals surface area contributed by atoms with Crippen LogP contribution in [0.15, 0.2) is 47.6 Å². The van der Waals surface area contributed by atoms with E-state index in [1.807, 2.05) is 42.5 Å². The highest BCUT2D eigenvalue weighted by atomic mass is 16.5. The summed E-state index contributed by atoms with van der Waals surface area (Å²) in [5, 5.41) is 6.04. The van der Waals surface area contributed by atoms with Crippen LogP contribution >= 0.6 is 0 Å². The van der Waals surface area contributed by atoms with Crippen LogP contribution in [0.4, 0.5) is 0 Å². The van der Waals surface area contributed by atoms with Crippen LogP contribution in [0.25, 0.3) is 0 Å². The third-order valence-corrected chi connectivity index (χ3v) is 4.32. The molecule has 0 saturated carbocycles. The monoisotopic (exact) mass is 354 g/mol. The van der Waals surface area contributed by atoms with Gasteiger partial charge in [0.15, 0.2) is 0 Å². The van der Waals surface area contributed by atoms with Gasteiger partial charge in [-0.05, 0) is 35.9 Å². The molecule has 2 aromatic carbocycles. The molecule has 1 amide bonds. The van der Waals surface area contributed by atoms with Crippen LogP contribution in [-0.2, 0) is 11.2 Å². The van der Waals surface area contributed by atoms with Crippen molar-refractivity contribution in [3.05, 3.63) is 53.6 Å². The van der Waals surface area contributed by atoms with E-state index in [4.69, 9.17) is 14.2 Å². The maximum absolute atomic E-state index is 12.6. The summed E-state index contributed by atoms with van der Waals surface area (Å²) < 4.78 is 15.8. The molecular formula is C20H22N2O4. The first-order valence-electron chi connectivity index (χ1n) is 8.37. The molecule has 6 heteroatoms. The second-order valence-corrected chi connectivity index (χ2v) is 5.90. The molecule has 0 aromatic heterocycles. The SMILES string of the molecule is COc1ccc(CC(=O)N2CCC(c3cc(OC)ccc3OC)=N2)cc1. The number of hydrogen-bond donors (Lipinski definition) is 0. The highest BCUT2D eigenvalue weighted by Gasteiger charge is 2.24. The van der Waals surface area contributed by atoms with Crippen molar-refractivity contribution in [2.24, 2.45) is 5.10 Å². The summed E-state index contributed by atoms with van der Waals surface area (Å²) in [4.78, 5) is 12.6. The van der Waals surface area contributed by atoms with E-state index < -0.39 is 0 Å². The zero-order valence-corrected chi connectivity index (χ0v) is 15.2. The molecular weight excluding hydrogens is 332 g/mol. The van der Waals surface area contributed by atoms with Gasteiger partial charge in [0.05, 0.1) is 40.0 Å². The highest BCUT2D eigenvalue weighted by molar-refractivity contribution is 6.05. The van der Waals surface area contributed by atoms with Crippen molar-refractivity contribution in [2.45, 2.75) is 12.8 Å². The lowest BCUT2D eigenvalue weighted by Gasteiger charge is -2.12. The zero-order chi connectivity index (χ0) is 18.5. The third kappa shape index (κ3) is 3.79. The van der Waals surface area contributed by atoms with Crippen LogP contribution in [-0.4, -0.2) is 44.5 Å². The molecule has 0 saturated heterocycles. The van der Waals surface area contributed by atoms with Gasteiger partial charge in [-0.25, -0.2) is 5.01 Å². The van der Waals surface area contributed by atoms with Gasteiger partial charge in [0.1, 0.15) is 17.2 Å². The van der Waals surface area contributed by atoms with Gasteiger partial charge < -0.3 is 14.2 Å². The minimum absolute atomic E-state index is 0.0352. The summed E-state index contributed by atoms with van der Waals surface area (Å²) in [7, 11) is 4.85. The largest absolute Gasteiger partial charge is 0.497 e. The van der Waals surface area contributed by atoms with Gasteiger partial charge in [-0.2, -0.15) is 5.10 Å². The third-order valence-electron chi connectivity index (χ3n) is 4.32. The Morgan fingerprint density at radius 2 is 1.69 bits per heavy atom. The smallest absolute Gasteiger partial charge is 0.247 e. The number of hydrazone groups is 1. The first kappa shape index (κ1) is 17.8. The van der Waals surface area contributed by atoms with Gasteiger partial charge in [-0.3, -0.25) is 4.79 Å². The Morgan fingerprint density at radius 1 is 1.00 bits per heavy atom. The minimum atomic E-state index is -0.0352. The maximum atomic E-state index is 12.6. The molecule has 0 fully saturated rings. The average molecular weight is 354 g/mol. The number of amides is 1. The number of hydrogen-bond acceptors (Lipinski definition) is 5. The normalized spacial score (nSPS) is 13.3. The van der Waals surface area contributed by atoms with E-state index >= 15 is 0 Å². The van der Waals surface area contributed by atoms with Crippen LogP contribution in [0.2, 0.25) is 0 Å². The topological polar surface area (TPSA) is 60.4 Å². The second kappa shape index (κ2) is 7.91. The van der Waals surface area contributed by atoms with Crippen molar-refractivity contribution in [1.29, 1.82) is 0 Å². The van der Waals surface area contributed by atoms with Crippen molar-refractivity contribution in [2.75, 3.05) is 27.9 Å². The minimum Gasteiger partial charge on any atom is -0.497 e. The van der Waals surface area contributed by atoms with Gasteiger partial charge in [0, 0.05) is 12.0 Å². The Hall–Kier alpha value is -3.02. The Bertz CT molecular complexity index is 815. The lowest BCUT2D eigenvalue weighted by molar-refractivity contribution is -0.130. The van der Waals surface area contributed by atoms with E-state index in [0.29, 0.717) is 25.1 Å². The molecule has 2 aromatic rings. The molecule has 1 heterocycles. The molecule has 0 N–H and O–H groups in total. The lowest BCUT2D eigenvalue weighted by Crippen LogP contribution is -2.25. The van der Waals surface area contributed by atoms with Crippen LogP contribution < -0.4 is 14.2 Å². The number of methoxy groups -OCH3 is 3. The molecule has 6 nitrogen and oxygen atoms in total. The predicted molar refractivity (Wildman–Crippen MR) is 99.1 cm³/mol. The summed E-state index contributed by atoms with van der Waals surface area (Å²) in [5.74, 6) is 2.18. The van der Waals surface area contributed by atoms with Crippen LogP contribution in [0.1, 0.15) is 17.5 Å². The fraction of sp³-hybridized carbons (Fsp3) is 0.300. The van der Waals surface area contributed by atoms with Gasteiger partial charge in [0.25, 0.3) is 0 Å². The average Bonchev–Trinajstić information content (AvgIpc) is 3.18. The van der Waals surface area contributed by atoms with Crippen molar-refractivity contribution < 1.29 is 19.0 Å². The van der Waals surface area contributed by atoms with Crippen molar-refractivity contribution in [3.63, 3.8) is 0 Å². The van der Waals surface area contributed by atoms with E-state index in [-0.39, 0.29) is 5.91 Å². The number of ether oxygens (including phenoxy) is 3. The Morgan fingerprint density at radius 3 is 2.35 bits per heavy atom. The first-order valence-corrected chi connectivity index (χ1v) is 8.37. The summed E-state index contributed by atoms with van der Waals surface area (Å²) in [6.07, 6.45) is 0.980. The van der Waals surface area contributed by atoms with Gasteiger partial charge in [-0.1, -0.05) is 12.1 Å². The summed E-state index contributed by atoms with van der Waals surface area (Å²) in [6.45, 7) is 0.560. The van der Waals surface area contributed by atoms with Crippen LogP contribution in [0.5, 0.6) is 17.2 Å². The summed E-state index contributed by atoms with van der Waals surface area (Å²) in [5.41, 5.74) is 2.61. The summed E-state index contributed by atoms with van der Waals surface area (Å²) in [6, 6.07) is 13.0. The molecule has 0 atom stereocenters. The van der Waals surface area contributed by atoms with E-state index in [0.717, 1.165) is 28.3 Å². The molecule has 0 radical (unpaired) electrons. The Kier molecular flexibility index (Phi) is 5.41. The number of rotatable bonds is 6. The second-order valence-electron chi connectivity index (χ2n) is 5.90. The fourth-order valence-electron chi connectivity index (χ4n) is 2.88. The number of nitrogens with zero attached hydrogens (tertiary/aromatic N) is 2. The molecule has 26 heavy (non-hydrogen) atoms. The molecule has 1 aliphatic heterocycles. The quantitative estimate of drug-likeness (QED) is 0.800. The molecule has 3 rings (SSSR count). The molecule has 136 valence electrons. The van der Waals surface area contributed by atoms with Crippen molar-refractivity contribution >= 4 is 11.6 Å². The van der Waals surface area contributed by atoms with Gasteiger partial charge in [0.2, 0.25) is 5.91 Å². The Labute approximate surface area is 153 Å². The molecule has 0 bridgehead atoms. The van der Waals surface area contributed by atoms with E-state index in [9.17, 15) is 4.79 Å². The molecule has 0 spiro atoms. The molecule has 0 aliphatic carbocycles. The summed E-state index contributed by atoms with van der Waals surface area (Å²) >= 11 is 0. The highest BCUT2D eigenvalue weighted by Crippen LogP contribution is 2.28. The zero-order valence-electron chi connectivity index (χ0n) is 15.2.